The maximum atomic E-state index is 13.5. The summed E-state index contributed by atoms with van der Waals surface area (Å²) in [5, 5.41) is 3.31. The number of hydrogen-bond donors (Lipinski definition) is 1. The van der Waals surface area contributed by atoms with E-state index in [0.717, 1.165) is 69.1 Å². The molecule has 1 saturated carbocycles. The van der Waals surface area contributed by atoms with Crippen LogP contribution in [0.2, 0.25) is 0 Å². The topological polar surface area (TPSA) is 104 Å². The predicted octanol–water partition coefficient (Wildman–Crippen LogP) is 3.87. The van der Waals surface area contributed by atoms with Gasteiger partial charge in [-0.25, -0.2) is 8.42 Å². The van der Waals surface area contributed by atoms with Gasteiger partial charge >= 0.3 is 0 Å². The lowest BCUT2D eigenvalue weighted by Crippen LogP contribution is -2.45. The van der Waals surface area contributed by atoms with Gasteiger partial charge in [0.05, 0.1) is 22.9 Å². The summed E-state index contributed by atoms with van der Waals surface area (Å²) < 4.78 is 23.5. The lowest BCUT2D eigenvalue weighted by Gasteiger charge is -2.38. The molecule has 1 atom stereocenters. The Morgan fingerprint density at radius 1 is 1.00 bits per heavy atom. The molecule has 0 bridgehead atoms. The normalized spacial score (nSPS) is 20.8. The van der Waals surface area contributed by atoms with Crippen LogP contribution in [0.25, 0.3) is 0 Å². The van der Waals surface area contributed by atoms with E-state index < -0.39 is 15.3 Å². The van der Waals surface area contributed by atoms with E-state index >= 15 is 0 Å². The standard InChI is InChI=1S/C31H39N3O5S/c1-40(38,39)26-13-11-23(12-14-26)22-34-28(35)21-31(30(34)37)16-19-33(20-17-31)18-15-27(24-7-3-2-4-8-24)32-29(36)25-9-5-6-10-25/h2-4,7-8,11-14,25,27H,5-6,9-10,15-22H2,1H3,(H,32,36)/t27-/m0/s1. The first kappa shape index (κ1) is 28.5. The molecule has 0 aromatic heterocycles. The summed E-state index contributed by atoms with van der Waals surface area (Å²) in [4.78, 5) is 43.2. The zero-order valence-electron chi connectivity index (χ0n) is 23.2. The largest absolute Gasteiger partial charge is 0.349 e. The molecule has 5 rings (SSSR count). The monoisotopic (exact) mass is 565 g/mol. The van der Waals surface area contributed by atoms with E-state index in [1.165, 1.54) is 17.0 Å². The fraction of sp³-hybridized carbons (Fsp3) is 0.516. The summed E-state index contributed by atoms with van der Waals surface area (Å²) in [6.45, 7) is 2.42. The van der Waals surface area contributed by atoms with Crippen molar-refractivity contribution in [2.45, 2.75) is 68.8 Å². The molecule has 2 heterocycles. The molecule has 3 aliphatic rings. The highest BCUT2D eigenvalue weighted by Gasteiger charge is 2.52. The second-order valence-corrected chi connectivity index (χ2v) is 13.8. The van der Waals surface area contributed by atoms with Crippen molar-refractivity contribution in [1.29, 1.82) is 0 Å². The summed E-state index contributed by atoms with van der Waals surface area (Å²) in [5.74, 6) is -0.00246. The van der Waals surface area contributed by atoms with Crippen LogP contribution in [-0.4, -0.2) is 61.8 Å². The van der Waals surface area contributed by atoms with Crippen LogP contribution in [0.4, 0.5) is 0 Å². The molecule has 2 saturated heterocycles. The number of benzene rings is 2. The van der Waals surface area contributed by atoms with Crippen molar-refractivity contribution in [2.24, 2.45) is 11.3 Å². The number of carbonyl (C=O) groups is 3. The number of piperidine rings is 1. The Bertz CT molecular complexity index is 1330. The van der Waals surface area contributed by atoms with Crippen LogP contribution in [0.3, 0.4) is 0 Å². The predicted molar refractivity (Wildman–Crippen MR) is 152 cm³/mol. The van der Waals surface area contributed by atoms with Gasteiger partial charge in [-0.1, -0.05) is 55.3 Å². The van der Waals surface area contributed by atoms with E-state index in [-0.39, 0.29) is 47.5 Å². The average Bonchev–Trinajstić information content (AvgIpc) is 3.56. The lowest BCUT2D eigenvalue weighted by molar-refractivity contribution is -0.143. The maximum absolute atomic E-state index is 13.5. The van der Waals surface area contributed by atoms with Crippen LogP contribution >= 0.6 is 0 Å². The van der Waals surface area contributed by atoms with Crippen LogP contribution in [0, 0.1) is 11.3 Å². The number of carbonyl (C=O) groups excluding carboxylic acids is 3. The first-order valence-electron chi connectivity index (χ1n) is 14.4. The van der Waals surface area contributed by atoms with E-state index in [1.54, 1.807) is 12.1 Å². The Balaban J connectivity index is 1.17. The molecule has 2 aromatic rings. The van der Waals surface area contributed by atoms with E-state index in [1.807, 2.05) is 18.2 Å². The fourth-order valence-electron chi connectivity index (χ4n) is 6.44. The van der Waals surface area contributed by atoms with Crippen molar-refractivity contribution in [3.8, 4) is 0 Å². The molecule has 3 amide bonds. The third kappa shape index (κ3) is 6.31. The summed E-state index contributed by atoms with van der Waals surface area (Å²) in [5.41, 5.74) is 1.18. The zero-order valence-corrected chi connectivity index (χ0v) is 24.0. The molecule has 214 valence electrons. The minimum Gasteiger partial charge on any atom is -0.349 e. The second-order valence-electron chi connectivity index (χ2n) is 11.7. The molecule has 1 spiro atoms. The molecule has 2 aromatic carbocycles. The molecule has 2 aliphatic heterocycles. The molecule has 1 N–H and O–H groups in total. The molecule has 40 heavy (non-hydrogen) atoms. The van der Waals surface area contributed by atoms with E-state index in [0.29, 0.717) is 12.8 Å². The van der Waals surface area contributed by atoms with E-state index in [2.05, 4.69) is 22.3 Å². The Morgan fingerprint density at radius 3 is 2.27 bits per heavy atom. The SMILES string of the molecule is CS(=O)(=O)c1ccc(CN2C(=O)CC3(CCN(CC[C@H](NC(=O)C4CCCC4)c4ccccc4)CC3)C2=O)cc1. The summed E-state index contributed by atoms with van der Waals surface area (Å²) in [6.07, 6.45) is 7.62. The molecule has 8 nitrogen and oxygen atoms in total. The van der Waals surface area contributed by atoms with Gasteiger partial charge in [0, 0.05) is 25.1 Å². The van der Waals surface area contributed by atoms with Crippen LogP contribution in [0.5, 0.6) is 0 Å². The highest BCUT2D eigenvalue weighted by atomic mass is 32.2. The van der Waals surface area contributed by atoms with Gasteiger partial charge in [0.15, 0.2) is 9.84 Å². The molecule has 3 fully saturated rings. The molecule has 1 aliphatic carbocycles. The van der Waals surface area contributed by atoms with Crippen molar-refractivity contribution in [1.82, 2.24) is 15.1 Å². The lowest BCUT2D eigenvalue weighted by atomic mass is 9.77. The van der Waals surface area contributed by atoms with Gasteiger partial charge < -0.3 is 10.2 Å². The number of rotatable bonds is 9. The Labute approximate surface area is 237 Å². The maximum Gasteiger partial charge on any atom is 0.236 e. The van der Waals surface area contributed by atoms with Crippen molar-refractivity contribution in [3.05, 3.63) is 65.7 Å². The molecule has 0 radical (unpaired) electrons. The Kier molecular flexibility index (Phi) is 8.42. The zero-order chi connectivity index (χ0) is 28.3. The minimum absolute atomic E-state index is 0.0514. The Morgan fingerprint density at radius 2 is 1.65 bits per heavy atom. The van der Waals surface area contributed by atoms with Gasteiger partial charge in [-0.15, -0.1) is 0 Å². The van der Waals surface area contributed by atoms with Crippen molar-refractivity contribution >= 4 is 27.6 Å². The highest BCUT2D eigenvalue weighted by molar-refractivity contribution is 7.90. The number of imide groups is 1. The second kappa shape index (κ2) is 11.8. The van der Waals surface area contributed by atoms with Gasteiger partial charge in [0.25, 0.3) is 0 Å². The third-order valence-electron chi connectivity index (χ3n) is 8.97. The van der Waals surface area contributed by atoms with Crippen LogP contribution in [-0.2, 0) is 30.8 Å². The Hall–Kier alpha value is -3.04. The molecular weight excluding hydrogens is 526 g/mol. The number of sulfone groups is 1. The van der Waals surface area contributed by atoms with Crippen molar-refractivity contribution in [2.75, 3.05) is 25.9 Å². The quantitative estimate of drug-likeness (QED) is 0.463. The average molecular weight is 566 g/mol. The summed E-state index contributed by atoms with van der Waals surface area (Å²) in [7, 11) is -3.30. The number of nitrogens with zero attached hydrogens (tertiary/aromatic N) is 2. The van der Waals surface area contributed by atoms with Crippen LogP contribution in [0.1, 0.15) is 68.5 Å². The smallest absolute Gasteiger partial charge is 0.236 e. The van der Waals surface area contributed by atoms with Gasteiger partial charge in [-0.05, 0) is 68.5 Å². The van der Waals surface area contributed by atoms with Gasteiger partial charge in [-0.2, -0.15) is 0 Å². The molecule has 0 unspecified atom stereocenters. The van der Waals surface area contributed by atoms with Crippen molar-refractivity contribution < 1.29 is 22.8 Å². The van der Waals surface area contributed by atoms with E-state index in [9.17, 15) is 22.8 Å². The molecular formula is C31H39N3O5S. The first-order valence-corrected chi connectivity index (χ1v) is 16.3. The summed E-state index contributed by atoms with van der Waals surface area (Å²) >= 11 is 0. The van der Waals surface area contributed by atoms with E-state index in [4.69, 9.17) is 0 Å². The number of nitrogens with one attached hydrogen (secondary N) is 1. The summed E-state index contributed by atoms with van der Waals surface area (Å²) in [6, 6.07) is 16.4. The number of hydrogen-bond acceptors (Lipinski definition) is 6. The number of likely N-dealkylation sites (tertiary alicyclic amines) is 2. The number of amides is 3. The first-order chi connectivity index (χ1) is 19.1. The minimum atomic E-state index is -3.30. The van der Waals surface area contributed by atoms with Crippen LogP contribution in [0.15, 0.2) is 59.5 Å². The third-order valence-corrected chi connectivity index (χ3v) is 10.1. The highest BCUT2D eigenvalue weighted by Crippen LogP contribution is 2.43. The van der Waals surface area contributed by atoms with Gasteiger partial charge in [-0.3, -0.25) is 19.3 Å². The fourth-order valence-corrected chi connectivity index (χ4v) is 7.07. The van der Waals surface area contributed by atoms with Crippen molar-refractivity contribution in [3.63, 3.8) is 0 Å². The van der Waals surface area contributed by atoms with Gasteiger partial charge in [0.2, 0.25) is 17.7 Å². The molecule has 9 heteroatoms. The van der Waals surface area contributed by atoms with Crippen LogP contribution < -0.4 is 5.32 Å². The van der Waals surface area contributed by atoms with Gasteiger partial charge in [0.1, 0.15) is 0 Å².